The van der Waals surface area contributed by atoms with Crippen LogP contribution in [0.1, 0.15) is 36.1 Å². The van der Waals surface area contributed by atoms with E-state index in [2.05, 4.69) is 21.6 Å². The molecule has 0 spiro atoms. The molecule has 0 radical (unpaired) electrons. The van der Waals surface area contributed by atoms with Crippen molar-refractivity contribution in [3.8, 4) is 0 Å². The molecule has 2 aromatic rings. The van der Waals surface area contributed by atoms with Crippen LogP contribution in [0.2, 0.25) is 0 Å². The molecular weight excluding hydrogens is 344 g/mol. The summed E-state index contributed by atoms with van der Waals surface area (Å²) in [5, 5.41) is 2.81. The number of hydrogen-bond acceptors (Lipinski definition) is 7. The number of ether oxygens (including phenoxy) is 2. The Hall–Kier alpha value is -3.00. The predicted molar refractivity (Wildman–Crippen MR) is 93.1 cm³/mol. The Labute approximate surface area is 148 Å². The third-order valence-corrected chi connectivity index (χ3v) is 4.16. The van der Waals surface area contributed by atoms with Crippen molar-refractivity contribution in [2.24, 2.45) is 0 Å². The van der Waals surface area contributed by atoms with Crippen LogP contribution in [-0.4, -0.2) is 36.5 Å². The molecule has 0 bridgehead atoms. The highest BCUT2D eigenvalue weighted by molar-refractivity contribution is 7.17. The molecule has 7 nitrogen and oxygen atoms in total. The van der Waals surface area contributed by atoms with Gasteiger partial charge < -0.3 is 9.47 Å². The second-order valence-electron chi connectivity index (χ2n) is 4.81. The molecule has 1 N–H and O–H groups in total. The number of hydrogen-bond donors (Lipinski definition) is 1. The molecule has 1 amide bonds. The molecule has 1 aromatic heterocycles. The van der Waals surface area contributed by atoms with E-state index >= 15 is 0 Å². The van der Waals surface area contributed by atoms with E-state index in [4.69, 9.17) is 4.74 Å². The van der Waals surface area contributed by atoms with Gasteiger partial charge in [-0.05, 0) is 19.1 Å². The van der Waals surface area contributed by atoms with Gasteiger partial charge in [-0.15, -0.1) is 0 Å². The standard InChI is InChI=1S/C17H16N2O5S/c1-4-9-24-16(22)13-10(2)18-17(25-13)19-14(20)11-7-5-6-8-12(11)15(21)23-3/h4-8H,1,9H2,2-3H3,(H,18,19,20). The Morgan fingerprint density at radius 1 is 1.24 bits per heavy atom. The summed E-state index contributed by atoms with van der Waals surface area (Å²) in [5.41, 5.74) is 0.731. The summed E-state index contributed by atoms with van der Waals surface area (Å²) >= 11 is 0.993. The summed E-state index contributed by atoms with van der Waals surface area (Å²) in [4.78, 5) is 40.5. The van der Waals surface area contributed by atoms with Gasteiger partial charge in [0.2, 0.25) is 0 Å². The van der Waals surface area contributed by atoms with Crippen LogP contribution >= 0.6 is 11.3 Å². The number of aryl methyl sites for hydroxylation is 1. The maximum Gasteiger partial charge on any atom is 0.350 e. The van der Waals surface area contributed by atoms with Crippen molar-refractivity contribution < 1.29 is 23.9 Å². The van der Waals surface area contributed by atoms with Crippen molar-refractivity contribution in [2.45, 2.75) is 6.92 Å². The number of carbonyl (C=O) groups is 3. The van der Waals surface area contributed by atoms with Crippen molar-refractivity contribution in [2.75, 3.05) is 19.0 Å². The molecule has 0 aliphatic carbocycles. The van der Waals surface area contributed by atoms with E-state index < -0.39 is 17.8 Å². The van der Waals surface area contributed by atoms with E-state index in [0.717, 1.165) is 11.3 Å². The van der Waals surface area contributed by atoms with E-state index in [1.54, 1.807) is 19.1 Å². The maximum absolute atomic E-state index is 12.4. The molecule has 0 saturated carbocycles. The number of methoxy groups -OCH3 is 1. The third-order valence-electron chi connectivity index (χ3n) is 3.11. The Balaban J connectivity index is 2.21. The zero-order valence-corrected chi connectivity index (χ0v) is 14.5. The average molecular weight is 360 g/mol. The van der Waals surface area contributed by atoms with E-state index in [-0.39, 0.29) is 22.9 Å². The molecule has 25 heavy (non-hydrogen) atoms. The molecule has 0 aliphatic rings. The van der Waals surface area contributed by atoms with Crippen LogP contribution in [0, 0.1) is 6.92 Å². The number of nitrogens with one attached hydrogen (secondary N) is 1. The van der Waals surface area contributed by atoms with Gasteiger partial charge in [-0.25, -0.2) is 14.6 Å². The molecule has 1 heterocycles. The Bertz CT molecular complexity index is 828. The number of thiazole rings is 1. The van der Waals surface area contributed by atoms with Gasteiger partial charge in [-0.1, -0.05) is 36.1 Å². The van der Waals surface area contributed by atoms with Crippen molar-refractivity contribution in [3.05, 3.63) is 58.6 Å². The zero-order valence-electron chi connectivity index (χ0n) is 13.7. The summed E-state index contributed by atoms with van der Waals surface area (Å²) in [5.74, 6) is -1.68. The van der Waals surface area contributed by atoms with Crippen LogP contribution in [0.4, 0.5) is 5.13 Å². The maximum atomic E-state index is 12.4. The monoisotopic (exact) mass is 360 g/mol. The van der Waals surface area contributed by atoms with Crippen LogP contribution < -0.4 is 5.32 Å². The van der Waals surface area contributed by atoms with Crippen molar-refractivity contribution >= 4 is 34.3 Å². The van der Waals surface area contributed by atoms with Crippen molar-refractivity contribution in [1.82, 2.24) is 4.98 Å². The largest absolute Gasteiger partial charge is 0.465 e. The van der Waals surface area contributed by atoms with Crippen LogP contribution in [0.3, 0.4) is 0 Å². The minimum Gasteiger partial charge on any atom is -0.465 e. The average Bonchev–Trinajstić information content (AvgIpc) is 2.99. The number of rotatable bonds is 6. The first-order valence-electron chi connectivity index (χ1n) is 7.22. The quantitative estimate of drug-likeness (QED) is 0.629. The first-order valence-corrected chi connectivity index (χ1v) is 8.03. The van der Waals surface area contributed by atoms with Crippen LogP contribution in [0.15, 0.2) is 36.9 Å². The molecule has 0 unspecified atom stereocenters. The topological polar surface area (TPSA) is 94.6 Å². The van der Waals surface area contributed by atoms with Gasteiger partial charge in [0.15, 0.2) is 5.13 Å². The number of carbonyl (C=O) groups excluding carboxylic acids is 3. The Morgan fingerprint density at radius 2 is 1.92 bits per heavy atom. The minimum absolute atomic E-state index is 0.0877. The molecule has 130 valence electrons. The van der Waals surface area contributed by atoms with Crippen LogP contribution in [-0.2, 0) is 9.47 Å². The Kier molecular flexibility index (Phi) is 6.02. The van der Waals surface area contributed by atoms with E-state index in [1.165, 1.54) is 25.3 Å². The van der Waals surface area contributed by atoms with Gasteiger partial charge in [0.05, 0.1) is 23.9 Å². The lowest BCUT2D eigenvalue weighted by Crippen LogP contribution is -2.17. The van der Waals surface area contributed by atoms with Gasteiger partial charge in [-0.2, -0.15) is 0 Å². The fourth-order valence-electron chi connectivity index (χ4n) is 1.97. The van der Waals surface area contributed by atoms with Gasteiger partial charge in [0, 0.05) is 0 Å². The van der Waals surface area contributed by atoms with E-state index in [1.807, 2.05) is 0 Å². The summed E-state index contributed by atoms with van der Waals surface area (Å²) in [6.45, 7) is 5.20. The molecule has 8 heteroatoms. The smallest absolute Gasteiger partial charge is 0.350 e. The number of benzene rings is 1. The normalized spacial score (nSPS) is 10.0. The number of esters is 2. The second-order valence-corrected chi connectivity index (χ2v) is 5.81. The molecule has 0 fully saturated rings. The first kappa shape index (κ1) is 18.3. The molecule has 1 aromatic carbocycles. The number of anilines is 1. The van der Waals surface area contributed by atoms with Crippen molar-refractivity contribution in [3.63, 3.8) is 0 Å². The number of nitrogens with zero attached hydrogens (tertiary/aromatic N) is 1. The lowest BCUT2D eigenvalue weighted by Gasteiger charge is -2.06. The first-order chi connectivity index (χ1) is 12.0. The van der Waals surface area contributed by atoms with Gasteiger partial charge in [0.1, 0.15) is 11.5 Å². The van der Waals surface area contributed by atoms with E-state index in [9.17, 15) is 14.4 Å². The highest BCUT2D eigenvalue weighted by atomic mass is 32.1. The zero-order chi connectivity index (χ0) is 18.4. The lowest BCUT2D eigenvalue weighted by atomic mass is 10.1. The molecule has 0 aliphatic heterocycles. The summed E-state index contributed by atoms with van der Waals surface area (Å²) in [6, 6.07) is 6.25. The Morgan fingerprint density at radius 3 is 2.56 bits per heavy atom. The van der Waals surface area contributed by atoms with Gasteiger partial charge >= 0.3 is 11.9 Å². The fraction of sp³-hybridized carbons (Fsp3) is 0.176. The van der Waals surface area contributed by atoms with Gasteiger partial charge in [0.25, 0.3) is 5.91 Å². The van der Waals surface area contributed by atoms with Crippen LogP contribution in [0.5, 0.6) is 0 Å². The number of aromatic nitrogens is 1. The van der Waals surface area contributed by atoms with Crippen LogP contribution in [0.25, 0.3) is 0 Å². The highest BCUT2D eigenvalue weighted by Gasteiger charge is 2.21. The molecule has 0 atom stereocenters. The molecular formula is C17H16N2O5S. The SMILES string of the molecule is C=CCOC(=O)c1sc(NC(=O)c2ccccc2C(=O)OC)nc1C. The molecule has 2 rings (SSSR count). The second kappa shape index (κ2) is 8.20. The van der Waals surface area contributed by atoms with Gasteiger partial charge in [-0.3, -0.25) is 10.1 Å². The fourth-order valence-corrected chi connectivity index (χ4v) is 2.83. The van der Waals surface area contributed by atoms with E-state index in [0.29, 0.717) is 10.6 Å². The summed E-state index contributed by atoms with van der Waals surface area (Å²) < 4.78 is 9.63. The summed E-state index contributed by atoms with van der Waals surface area (Å²) in [7, 11) is 1.24. The molecule has 0 saturated heterocycles. The highest BCUT2D eigenvalue weighted by Crippen LogP contribution is 2.24. The van der Waals surface area contributed by atoms with Crippen molar-refractivity contribution in [1.29, 1.82) is 0 Å². The lowest BCUT2D eigenvalue weighted by molar-refractivity contribution is 0.0552. The third kappa shape index (κ3) is 4.30. The minimum atomic E-state index is -0.616. The summed E-state index contributed by atoms with van der Waals surface area (Å²) in [6.07, 6.45) is 1.46. The number of amides is 1. The predicted octanol–water partition coefficient (Wildman–Crippen LogP) is 2.83.